The molecular weight excluding hydrogens is 356 g/mol. The van der Waals surface area contributed by atoms with E-state index in [9.17, 15) is 9.59 Å². The summed E-state index contributed by atoms with van der Waals surface area (Å²) >= 11 is 6.03. The van der Waals surface area contributed by atoms with Crippen LogP contribution in [0.5, 0.6) is 0 Å². The van der Waals surface area contributed by atoms with Gasteiger partial charge >= 0.3 is 11.8 Å². The minimum Gasteiger partial charge on any atom is -0.379 e. The summed E-state index contributed by atoms with van der Waals surface area (Å²) in [5, 5.41) is 3.43. The lowest BCUT2D eigenvalue weighted by Crippen LogP contribution is -2.53. The number of halogens is 1. The highest BCUT2D eigenvalue weighted by molar-refractivity contribution is 6.35. The molecule has 142 valence electrons. The summed E-state index contributed by atoms with van der Waals surface area (Å²) in [5.41, 5.74) is 1.04. The van der Waals surface area contributed by atoms with Crippen LogP contribution in [0.3, 0.4) is 0 Å². The van der Waals surface area contributed by atoms with E-state index < -0.39 is 11.8 Å². The second-order valence-electron chi connectivity index (χ2n) is 6.47. The van der Waals surface area contributed by atoms with E-state index in [0.717, 1.165) is 38.5 Å². The van der Waals surface area contributed by atoms with Gasteiger partial charge in [0.25, 0.3) is 0 Å². The van der Waals surface area contributed by atoms with E-state index in [2.05, 4.69) is 15.1 Å². The summed E-state index contributed by atoms with van der Waals surface area (Å²) in [6, 6.07) is 7.67. The van der Waals surface area contributed by atoms with Gasteiger partial charge in [-0.25, -0.2) is 0 Å². The molecule has 0 spiro atoms. The molecule has 3 rings (SSSR count). The van der Waals surface area contributed by atoms with Gasteiger partial charge < -0.3 is 19.9 Å². The molecule has 2 saturated heterocycles. The van der Waals surface area contributed by atoms with Crippen molar-refractivity contribution in [1.82, 2.24) is 15.1 Å². The second-order valence-corrected chi connectivity index (χ2v) is 6.91. The van der Waals surface area contributed by atoms with E-state index in [1.807, 2.05) is 24.3 Å². The van der Waals surface area contributed by atoms with Crippen LogP contribution in [0.15, 0.2) is 24.3 Å². The van der Waals surface area contributed by atoms with E-state index in [-0.39, 0.29) is 0 Å². The monoisotopic (exact) mass is 380 g/mol. The maximum Gasteiger partial charge on any atom is 0.312 e. The van der Waals surface area contributed by atoms with Gasteiger partial charge in [-0.05, 0) is 18.2 Å². The molecular formula is C18H25ClN4O3. The summed E-state index contributed by atoms with van der Waals surface area (Å²) in [5.74, 6) is -0.966. The SMILES string of the molecule is O=C(NCCN1CCOCC1)C(=O)N1CCN(c2cccc(Cl)c2)CC1. The minimum atomic E-state index is -0.519. The molecule has 2 fully saturated rings. The number of morpholine rings is 1. The maximum atomic E-state index is 12.3. The number of piperazine rings is 1. The zero-order valence-corrected chi connectivity index (χ0v) is 15.6. The Balaban J connectivity index is 1.40. The summed E-state index contributed by atoms with van der Waals surface area (Å²) in [4.78, 5) is 30.4. The number of hydrogen-bond acceptors (Lipinski definition) is 5. The molecule has 1 N–H and O–H groups in total. The van der Waals surface area contributed by atoms with Gasteiger partial charge in [-0.2, -0.15) is 0 Å². The molecule has 0 radical (unpaired) electrons. The first kappa shape index (κ1) is 18.9. The molecule has 2 heterocycles. The molecule has 0 aromatic heterocycles. The Labute approximate surface area is 158 Å². The predicted octanol–water partition coefficient (Wildman–Crippen LogP) is 0.437. The Bertz CT molecular complexity index is 629. The fraction of sp³-hybridized carbons (Fsp3) is 0.556. The molecule has 2 amide bonds. The van der Waals surface area contributed by atoms with E-state index >= 15 is 0 Å². The van der Waals surface area contributed by atoms with E-state index in [1.165, 1.54) is 0 Å². The van der Waals surface area contributed by atoms with Crippen molar-refractivity contribution in [2.24, 2.45) is 0 Å². The second kappa shape index (κ2) is 9.21. The summed E-state index contributed by atoms with van der Waals surface area (Å²) in [7, 11) is 0. The summed E-state index contributed by atoms with van der Waals surface area (Å²) < 4.78 is 5.29. The Morgan fingerprint density at radius 1 is 1.08 bits per heavy atom. The molecule has 7 nitrogen and oxygen atoms in total. The van der Waals surface area contributed by atoms with Crippen LogP contribution < -0.4 is 10.2 Å². The fourth-order valence-corrected chi connectivity index (χ4v) is 3.40. The number of carbonyl (C=O) groups is 2. The minimum absolute atomic E-state index is 0.447. The van der Waals surface area contributed by atoms with Crippen LogP contribution in [0.1, 0.15) is 0 Å². The average Bonchev–Trinajstić information content (AvgIpc) is 2.68. The number of rotatable bonds is 4. The predicted molar refractivity (Wildman–Crippen MR) is 101 cm³/mol. The summed E-state index contributed by atoms with van der Waals surface area (Å²) in [6.45, 7) is 6.85. The van der Waals surface area contributed by atoms with Crippen molar-refractivity contribution in [3.05, 3.63) is 29.3 Å². The van der Waals surface area contributed by atoms with Gasteiger partial charge in [0.1, 0.15) is 0 Å². The third-order valence-electron chi connectivity index (χ3n) is 4.75. The lowest BCUT2D eigenvalue weighted by molar-refractivity contribution is -0.146. The quantitative estimate of drug-likeness (QED) is 0.768. The van der Waals surface area contributed by atoms with Gasteiger partial charge in [0.05, 0.1) is 13.2 Å². The highest BCUT2D eigenvalue weighted by Crippen LogP contribution is 2.20. The van der Waals surface area contributed by atoms with Gasteiger partial charge in [-0.1, -0.05) is 17.7 Å². The normalized spacial score (nSPS) is 18.7. The molecule has 8 heteroatoms. The first-order valence-electron chi connectivity index (χ1n) is 9.01. The van der Waals surface area contributed by atoms with Gasteiger partial charge in [0.2, 0.25) is 0 Å². The van der Waals surface area contributed by atoms with Crippen molar-refractivity contribution in [2.75, 3.05) is 70.5 Å². The molecule has 1 aromatic carbocycles. The molecule has 2 aliphatic heterocycles. The average molecular weight is 381 g/mol. The van der Waals surface area contributed by atoms with E-state index in [1.54, 1.807) is 4.90 Å². The van der Waals surface area contributed by atoms with E-state index in [0.29, 0.717) is 37.7 Å². The van der Waals surface area contributed by atoms with Crippen LogP contribution in [0, 0.1) is 0 Å². The lowest BCUT2D eigenvalue weighted by atomic mass is 10.2. The third-order valence-corrected chi connectivity index (χ3v) is 4.99. The van der Waals surface area contributed by atoms with Crippen LogP contribution in [0.25, 0.3) is 0 Å². The van der Waals surface area contributed by atoms with Crippen LogP contribution in [0.2, 0.25) is 5.02 Å². The standard InChI is InChI=1S/C18H25ClN4O3/c19-15-2-1-3-16(14-15)22-6-8-23(9-7-22)18(25)17(24)20-4-5-21-10-12-26-13-11-21/h1-3,14H,4-13H2,(H,20,24). The van der Waals surface area contributed by atoms with Crippen molar-refractivity contribution >= 4 is 29.1 Å². The zero-order valence-electron chi connectivity index (χ0n) is 14.8. The van der Waals surface area contributed by atoms with Crippen LogP contribution in [0.4, 0.5) is 5.69 Å². The van der Waals surface area contributed by atoms with Crippen molar-refractivity contribution in [3.63, 3.8) is 0 Å². The number of carbonyl (C=O) groups excluding carboxylic acids is 2. The van der Waals surface area contributed by atoms with Gasteiger partial charge in [-0.3, -0.25) is 14.5 Å². The number of amides is 2. The molecule has 0 bridgehead atoms. The number of nitrogens with one attached hydrogen (secondary N) is 1. The molecule has 1 aromatic rings. The Morgan fingerprint density at radius 2 is 1.81 bits per heavy atom. The Morgan fingerprint density at radius 3 is 2.50 bits per heavy atom. The highest BCUT2D eigenvalue weighted by Gasteiger charge is 2.26. The number of ether oxygens (including phenoxy) is 1. The molecule has 2 aliphatic rings. The first-order valence-corrected chi connectivity index (χ1v) is 9.39. The fourth-order valence-electron chi connectivity index (χ4n) is 3.21. The van der Waals surface area contributed by atoms with Gasteiger partial charge in [0.15, 0.2) is 0 Å². The van der Waals surface area contributed by atoms with Crippen LogP contribution in [-0.2, 0) is 14.3 Å². The highest BCUT2D eigenvalue weighted by atomic mass is 35.5. The van der Waals surface area contributed by atoms with Crippen molar-refractivity contribution in [2.45, 2.75) is 0 Å². The van der Waals surface area contributed by atoms with Crippen molar-refractivity contribution in [1.29, 1.82) is 0 Å². The molecule has 0 saturated carbocycles. The number of anilines is 1. The molecule has 26 heavy (non-hydrogen) atoms. The smallest absolute Gasteiger partial charge is 0.312 e. The van der Waals surface area contributed by atoms with Crippen molar-refractivity contribution < 1.29 is 14.3 Å². The van der Waals surface area contributed by atoms with Crippen molar-refractivity contribution in [3.8, 4) is 0 Å². The van der Waals surface area contributed by atoms with Gasteiger partial charge in [0, 0.05) is 63.1 Å². The number of nitrogens with zero attached hydrogens (tertiary/aromatic N) is 3. The van der Waals surface area contributed by atoms with E-state index in [4.69, 9.17) is 16.3 Å². The van der Waals surface area contributed by atoms with Gasteiger partial charge in [-0.15, -0.1) is 0 Å². The summed E-state index contributed by atoms with van der Waals surface area (Å²) in [6.07, 6.45) is 0. The molecule has 0 unspecified atom stereocenters. The van der Waals surface area contributed by atoms with Crippen LogP contribution >= 0.6 is 11.6 Å². The number of benzene rings is 1. The molecule has 0 aliphatic carbocycles. The zero-order chi connectivity index (χ0) is 18.4. The Hall–Kier alpha value is -1.83. The van der Waals surface area contributed by atoms with Crippen LogP contribution in [-0.4, -0.2) is 87.2 Å². The molecule has 0 atom stereocenters. The number of hydrogen-bond donors (Lipinski definition) is 1. The maximum absolute atomic E-state index is 12.3. The lowest BCUT2D eigenvalue weighted by Gasteiger charge is -2.35. The largest absolute Gasteiger partial charge is 0.379 e. The first-order chi connectivity index (χ1) is 12.6. The Kier molecular flexibility index (Phi) is 6.71. The topological polar surface area (TPSA) is 65.1 Å². The third kappa shape index (κ3) is 5.09.